The number of pyridine rings is 1. The Balaban J connectivity index is 2.13. The van der Waals surface area contributed by atoms with Crippen molar-refractivity contribution in [1.29, 1.82) is 0 Å². The highest BCUT2D eigenvalue weighted by Crippen LogP contribution is 2.34. The largest absolute Gasteiger partial charge is 0.339 e. The van der Waals surface area contributed by atoms with Crippen molar-refractivity contribution in [1.82, 2.24) is 9.97 Å². The number of aromatic amines is 1. The van der Waals surface area contributed by atoms with Gasteiger partial charge in [0.15, 0.2) is 0 Å². The monoisotopic (exact) mass is 292 g/mol. The fourth-order valence-electron chi connectivity index (χ4n) is 2.83. The summed E-state index contributed by atoms with van der Waals surface area (Å²) in [4.78, 5) is 8.04. The Morgan fingerprint density at radius 2 is 1.76 bits per heavy atom. The molecular weight excluding hydrogens is 280 g/mol. The Labute approximate surface area is 127 Å². The minimum atomic E-state index is 0.750. The van der Waals surface area contributed by atoms with Crippen LogP contribution in [0.1, 0.15) is 5.69 Å². The Bertz CT molecular complexity index is 952. The van der Waals surface area contributed by atoms with E-state index in [9.17, 15) is 0 Å². The molecule has 0 bridgehead atoms. The SMILES string of the molecule is Cc1cc(-c2ccc(Cl)cc2)c2c(n1)[nH]c1ccccc12. The summed E-state index contributed by atoms with van der Waals surface area (Å²) < 4.78 is 0. The molecule has 0 spiro atoms. The van der Waals surface area contributed by atoms with Gasteiger partial charge in [0.25, 0.3) is 0 Å². The molecule has 0 amide bonds. The van der Waals surface area contributed by atoms with Crippen LogP contribution in [-0.4, -0.2) is 9.97 Å². The first kappa shape index (κ1) is 12.4. The number of benzene rings is 2. The summed E-state index contributed by atoms with van der Waals surface area (Å²) in [5.74, 6) is 0. The number of rotatable bonds is 1. The third-order valence-corrected chi connectivity index (χ3v) is 4.00. The zero-order chi connectivity index (χ0) is 14.4. The molecular formula is C18H13ClN2. The van der Waals surface area contributed by atoms with Crippen molar-refractivity contribution in [3.8, 4) is 11.1 Å². The molecule has 4 aromatic rings. The highest BCUT2D eigenvalue weighted by atomic mass is 35.5. The minimum Gasteiger partial charge on any atom is -0.339 e. The Morgan fingerprint density at radius 3 is 2.57 bits per heavy atom. The van der Waals surface area contributed by atoms with Gasteiger partial charge in [0.1, 0.15) is 5.65 Å². The molecule has 21 heavy (non-hydrogen) atoms. The number of nitrogens with one attached hydrogen (secondary N) is 1. The van der Waals surface area contributed by atoms with E-state index in [1.807, 2.05) is 25.1 Å². The molecule has 0 aliphatic carbocycles. The smallest absolute Gasteiger partial charge is 0.139 e. The van der Waals surface area contributed by atoms with Gasteiger partial charge in [0.05, 0.1) is 0 Å². The van der Waals surface area contributed by atoms with Crippen molar-refractivity contribution in [3.05, 3.63) is 65.3 Å². The summed E-state index contributed by atoms with van der Waals surface area (Å²) in [5.41, 5.74) is 5.38. The van der Waals surface area contributed by atoms with Gasteiger partial charge in [0, 0.05) is 27.0 Å². The first-order valence-electron chi connectivity index (χ1n) is 6.86. The van der Waals surface area contributed by atoms with Crippen molar-refractivity contribution < 1.29 is 0 Å². The normalized spacial score (nSPS) is 11.3. The lowest BCUT2D eigenvalue weighted by Crippen LogP contribution is -1.87. The molecule has 2 heterocycles. The fraction of sp³-hybridized carbons (Fsp3) is 0.0556. The van der Waals surface area contributed by atoms with Gasteiger partial charge < -0.3 is 4.98 Å². The summed E-state index contributed by atoms with van der Waals surface area (Å²) in [6.45, 7) is 2.02. The molecule has 0 unspecified atom stereocenters. The Morgan fingerprint density at radius 1 is 1.00 bits per heavy atom. The quantitative estimate of drug-likeness (QED) is 0.503. The van der Waals surface area contributed by atoms with Gasteiger partial charge in [-0.25, -0.2) is 4.98 Å². The first-order valence-corrected chi connectivity index (χ1v) is 7.24. The van der Waals surface area contributed by atoms with Crippen molar-refractivity contribution in [2.75, 3.05) is 0 Å². The third kappa shape index (κ3) is 1.99. The van der Waals surface area contributed by atoms with E-state index in [-0.39, 0.29) is 0 Å². The van der Waals surface area contributed by atoms with Gasteiger partial charge in [-0.1, -0.05) is 41.9 Å². The summed E-state index contributed by atoms with van der Waals surface area (Å²) >= 11 is 6.00. The summed E-state index contributed by atoms with van der Waals surface area (Å²) in [6.07, 6.45) is 0. The molecule has 0 aliphatic rings. The van der Waals surface area contributed by atoms with Crippen LogP contribution in [0.5, 0.6) is 0 Å². The van der Waals surface area contributed by atoms with E-state index >= 15 is 0 Å². The van der Waals surface area contributed by atoms with Crippen molar-refractivity contribution in [2.24, 2.45) is 0 Å². The molecule has 2 aromatic carbocycles. The number of H-pyrrole nitrogens is 1. The number of fused-ring (bicyclic) bond motifs is 3. The van der Waals surface area contributed by atoms with E-state index in [1.54, 1.807) is 0 Å². The van der Waals surface area contributed by atoms with Crippen LogP contribution in [0.4, 0.5) is 0 Å². The van der Waals surface area contributed by atoms with Crippen LogP contribution in [0.3, 0.4) is 0 Å². The standard InChI is InChI=1S/C18H13ClN2/c1-11-10-15(12-6-8-13(19)9-7-12)17-14-4-2-3-5-16(14)21-18(17)20-11/h2-10H,1H3,(H,20,21). The Kier molecular flexibility index (Phi) is 2.72. The lowest BCUT2D eigenvalue weighted by Gasteiger charge is -2.06. The topological polar surface area (TPSA) is 28.7 Å². The highest BCUT2D eigenvalue weighted by Gasteiger charge is 2.12. The van der Waals surface area contributed by atoms with Crippen molar-refractivity contribution in [3.63, 3.8) is 0 Å². The lowest BCUT2D eigenvalue weighted by molar-refractivity contribution is 1.23. The molecule has 4 rings (SSSR count). The second-order valence-corrected chi connectivity index (χ2v) is 5.65. The molecule has 1 N–H and O–H groups in total. The maximum absolute atomic E-state index is 6.00. The van der Waals surface area contributed by atoms with Crippen LogP contribution < -0.4 is 0 Å². The molecule has 2 nitrogen and oxygen atoms in total. The molecule has 102 valence electrons. The van der Waals surface area contributed by atoms with E-state index in [1.165, 1.54) is 16.3 Å². The van der Waals surface area contributed by atoms with E-state index in [0.717, 1.165) is 27.4 Å². The van der Waals surface area contributed by atoms with Crippen LogP contribution in [0.15, 0.2) is 54.6 Å². The molecule has 3 heteroatoms. The first-order chi connectivity index (χ1) is 10.2. The molecule has 2 aromatic heterocycles. The highest BCUT2D eigenvalue weighted by molar-refractivity contribution is 6.30. The molecule has 0 atom stereocenters. The summed E-state index contributed by atoms with van der Waals surface area (Å²) in [6, 6.07) is 18.4. The molecule has 0 radical (unpaired) electrons. The second-order valence-electron chi connectivity index (χ2n) is 5.21. The zero-order valence-corrected chi connectivity index (χ0v) is 12.3. The predicted molar refractivity (Wildman–Crippen MR) is 88.8 cm³/mol. The van der Waals surface area contributed by atoms with Gasteiger partial charge in [0.2, 0.25) is 0 Å². The predicted octanol–water partition coefficient (Wildman–Crippen LogP) is 5.34. The molecule has 0 fully saturated rings. The average Bonchev–Trinajstić information content (AvgIpc) is 2.85. The van der Waals surface area contributed by atoms with E-state index in [4.69, 9.17) is 11.6 Å². The lowest BCUT2D eigenvalue weighted by atomic mass is 10.0. The average molecular weight is 293 g/mol. The van der Waals surface area contributed by atoms with E-state index < -0.39 is 0 Å². The Hall–Kier alpha value is -2.32. The fourth-order valence-corrected chi connectivity index (χ4v) is 2.96. The van der Waals surface area contributed by atoms with Gasteiger partial charge >= 0.3 is 0 Å². The van der Waals surface area contributed by atoms with Gasteiger partial charge in [-0.15, -0.1) is 0 Å². The number of halogens is 1. The zero-order valence-electron chi connectivity index (χ0n) is 11.5. The minimum absolute atomic E-state index is 0.750. The maximum Gasteiger partial charge on any atom is 0.139 e. The van der Waals surface area contributed by atoms with Crippen LogP contribution in [0.2, 0.25) is 5.02 Å². The number of para-hydroxylation sites is 1. The number of hydrogen-bond donors (Lipinski definition) is 1. The maximum atomic E-state index is 6.00. The van der Waals surface area contributed by atoms with Crippen LogP contribution in [0, 0.1) is 6.92 Å². The van der Waals surface area contributed by atoms with E-state index in [0.29, 0.717) is 0 Å². The molecule has 0 saturated carbocycles. The van der Waals surface area contributed by atoms with Crippen LogP contribution in [-0.2, 0) is 0 Å². The summed E-state index contributed by atoms with van der Waals surface area (Å²) in [5, 5.41) is 3.11. The molecule has 0 aliphatic heterocycles. The van der Waals surface area contributed by atoms with E-state index in [2.05, 4.69) is 46.4 Å². The number of aryl methyl sites for hydroxylation is 1. The van der Waals surface area contributed by atoms with Crippen molar-refractivity contribution in [2.45, 2.75) is 6.92 Å². The third-order valence-electron chi connectivity index (χ3n) is 3.75. The van der Waals surface area contributed by atoms with Gasteiger partial charge in [-0.2, -0.15) is 0 Å². The second kappa shape index (κ2) is 4.61. The van der Waals surface area contributed by atoms with Crippen LogP contribution in [0.25, 0.3) is 33.1 Å². The van der Waals surface area contributed by atoms with Crippen LogP contribution >= 0.6 is 11.6 Å². The number of hydrogen-bond acceptors (Lipinski definition) is 1. The molecule has 0 saturated heterocycles. The van der Waals surface area contributed by atoms with Gasteiger partial charge in [-0.3, -0.25) is 0 Å². The number of nitrogens with zero attached hydrogens (tertiary/aromatic N) is 1. The van der Waals surface area contributed by atoms with Crippen molar-refractivity contribution >= 4 is 33.5 Å². The number of aromatic nitrogens is 2. The summed E-state index contributed by atoms with van der Waals surface area (Å²) in [7, 11) is 0. The van der Waals surface area contributed by atoms with Gasteiger partial charge in [-0.05, 0) is 42.3 Å².